The molecular weight excluding hydrogens is 292 g/mol. The van der Waals surface area contributed by atoms with Gasteiger partial charge in [0.2, 0.25) is 0 Å². The molecule has 1 aliphatic heterocycles. The zero-order valence-electron chi connectivity index (χ0n) is 12.9. The number of benzene rings is 1. The van der Waals surface area contributed by atoms with Crippen molar-refractivity contribution < 1.29 is 4.92 Å². The Morgan fingerprint density at radius 3 is 2.52 bits per heavy atom. The van der Waals surface area contributed by atoms with Crippen molar-refractivity contribution in [3.05, 3.63) is 64.3 Å². The first-order valence-electron chi connectivity index (χ1n) is 7.86. The fourth-order valence-electron chi connectivity index (χ4n) is 2.90. The van der Waals surface area contributed by atoms with Gasteiger partial charge in [0.05, 0.1) is 11.0 Å². The van der Waals surface area contributed by atoms with Gasteiger partial charge in [-0.1, -0.05) is 30.3 Å². The Balaban J connectivity index is 1.76. The Morgan fingerprint density at radius 1 is 1.17 bits per heavy atom. The molecule has 6 heteroatoms. The largest absolute Gasteiger partial charge is 0.362 e. The van der Waals surface area contributed by atoms with Crippen LogP contribution in [0.4, 0.5) is 11.5 Å². The molecule has 1 fully saturated rings. The molecule has 0 aliphatic carbocycles. The highest BCUT2D eigenvalue weighted by Gasteiger charge is 2.19. The summed E-state index contributed by atoms with van der Waals surface area (Å²) in [5.74, 6) is 0.656. The molecule has 1 aliphatic rings. The first kappa shape index (κ1) is 15.4. The van der Waals surface area contributed by atoms with Crippen LogP contribution < -0.4 is 5.32 Å². The summed E-state index contributed by atoms with van der Waals surface area (Å²) in [5.41, 5.74) is 1.20. The molecule has 0 saturated carbocycles. The van der Waals surface area contributed by atoms with Gasteiger partial charge in [0.25, 0.3) is 5.69 Å². The normalized spacial score (nSPS) is 16.2. The molecule has 0 amide bonds. The van der Waals surface area contributed by atoms with Crippen LogP contribution in [0.1, 0.15) is 24.4 Å². The van der Waals surface area contributed by atoms with E-state index in [-0.39, 0.29) is 11.7 Å². The molecule has 2 heterocycles. The van der Waals surface area contributed by atoms with E-state index in [1.54, 1.807) is 6.07 Å². The number of nitro groups is 1. The number of likely N-dealkylation sites (tertiary alicyclic amines) is 1. The maximum absolute atomic E-state index is 10.7. The zero-order valence-corrected chi connectivity index (χ0v) is 12.9. The van der Waals surface area contributed by atoms with E-state index < -0.39 is 4.92 Å². The summed E-state index contributed by atoms with van der Waals surface area (Å²) in [6.07, 6.45) is 3.79. The molecule has 6 nitrogen and oxygen atoms in total. The Labute approximate surface area is 135 Å². The van der Waals surface area contributed by atoms with Gasteiger partial charge in [-0.3, -0.25) is 10.1 Å². The lowest BCUT2D eigenvalue weighted by atomic mass is 10.1. The average molecular weight is 312 g/mol. The van der Waals surface area contributed by atoms with Crippen molar-refractivity contribution in [2.24, 2.45) is 0 Å². The SMILES string of the molecule is O=[N+]([O-])c1ccc(N[C@H](CN2CCCC2)c2ccccc2)nc1. The van der Waals surface area contributed by atoms with E-state index in [0.29, 0.717) is 5.82 Å². The summed E-state index contributed by atoms with van der Waals surface area (Å²) in [6.45, 7) is 3.15. The van der Waals surface area contributed by atoms with Crippen LogP contribution in [-0.4, -0.2) is 34.4 Å². The molecule has 3 rings (SSSR count). The van der Waals surface area contributed by atoms with Crippen LogP contribution >= 0.6 is 0 Å². The number of nitrogens with zero attached hydrogens (tertiary/aromatic N) is 3. The maximum Gasteiger partial charge on any atom is 0.287 e. The van der Waals surface area contributed by atoms with Crippen LogP contribution in [0.3, 0.4) is 0 Å². The number of hydrogen-bond donors (Lipinski definition) is 1. The minimum atomic E-state index is -0.435. The Morgan fingerprint density at radius 2 is 1.91 bits per heavy atom. The molecule has 0 spiro atoms. The van der Waals surface area contributed by atoms with E-state index in [1.165, 1.54) is 30.7 Å². The topological polar surface area (TPSA) is 71.3 Å². The highest BCUT2D eigenvalue weighted by atomic mass is 16.6. The zero-order chi connectivity index (χ0) is 16.1. The second-order valence-corrected chi connectivity index (χ2v) is 5.77. The smallest absolute Gasteiger partial charge is 0.287 e. The number of nitrogens with one attached hydrogen (secondary N) is 1. The third-order valence-corrected chi connectivity index (χ3v) is 4.12. The molecule has 2 aromatic rings. The molecule has 1 atom stereocenters. The predicted molar refractivity (Wildman–Crippen MR) is 89.4 cm³/mol. The Hall–Kier alpha value is -2.47. The van der Waals surface area contributed by atoms with Crippen LogP contribution in [0.2, 0.25) is 0 Å². The summed E-state index contributed by atoms with van der Waals surface area (Å²) >= 11 is 0. The lowest BCUT2D eigenvalue weighted by Crippen LogP contribution is -2.29. The van der Waals surface area contributed by atoms with E-state index in [2.05, 4.69) is 27.3 Å². The van der Waals surface area contributed by atoms with Crippen LogP contribution in [0.15, 0.2) is 48.7 Å². The predicted octanol–water partition coefficient (Wildman–Crippen LogP) is 3.24. The summed E-state index contributed by atoms with van der Waals surface area (Å²) < 4.78 is 0. The van der Waals surface area contributed by atoms with Crippen molar-refractivity contribution in [3.63, 3.8) is 0 Å². The minimum absolute atomic E-state index is 0.00588. The molecule has 23 heavy (non-hydrogen) atoms. The van der Waals surface area contributed by atoms with E-state index in [0.717, 1.165) is 19.6 Å². The molecule has 1 N–H and O–H groups in total. The van der Waals surface area contributed by atoms with Gasteiger partial charge in [-0.25, -0.2) is 4.98 Å². The number of rotatable bonds is 6. The minimum Gasteiger partial charge on any atom is -0.362 e. The molecule has 1 saturated heterocycles. The van der Waals surface area contributed by atoms with Crippen LogP contribution in [-0.2, 0) is 0 Å². The van der Waals surface area contributed by atoms with Gasteiger partial charge in [0, 0.05) is 12.6 Å². The van der Waals surface area contributed by atoms with Gasteiger partial charge in [-0.2, -0.15) is 0 Å². The van der Waals surface area contributed by atoms with E-state index in [9.17, 15) is 10.1 Å². The number of anilines is 1. The van der Waals surface area contributed by atoms with Crippen molar-refractivity contribution in [2.45, 2.75) is 18.9 Å². The molecular formula is C17H20N4O2. The van der Waals surface area contributed by atoms with Gasteiger partial charge in [-0.05, 0) is 37.6 Å². The van der Waals surface area contributed by atoms with Gasteiger partial charge in [0.1, 0.15) is 12.0 Å². The molecule has 0 radical (unpaired) electrons. The van der Waals surface area contributed by atoms with E-state index in [4.69, 9.17) is 0 Å². The van der Waals surface area contributed by atoms with Gasteiger partial charge in [0.15, 0.2) is 0 Å². The van der Waals surface area contributed by atoms with Crippen molar-refractivity contribution in [1.82, 2.24) is 9.88 Å². The highest BCUT2D eigenvalue weighted by molar-refractivity contribution is 5.42. The lowest BCUT2D eigenvalue weighted by Gasteiger charge is -2.25. The van der Waals surface area contributed by atoms with Gasteiger partial charge >= 0.3 is 0 Å². The van der Waals surface area contributed by atoms with Crippen LogP contribution in [0.25, 0.3) is 0 Å². The first-order chi connectivity index (χ1) is 11.2. The summed E-state index contributed by atoms with van der Waals surface area (Å²) in [4.78, 5) is 16.9. The maximum atomic E-state index is 10.7. The van der Waals surface area contributed by atoms with Crippen LogP contribution in [0, 0.1) is 10.1 Å². The summed E-state index contributed by atoms with van der Waals surface area (Å²) in [6, 6.07) is 13.5. The van der Waals surface area contributed by atoms with Gasteiger partial charge in [-0.15, -0.1) is 0 Å². The molecule has 0 unspecified atom stereocenters. The molecule has 120 valence electrons. The monoisotopic (exact) mass is 312 g/mol. The quantitative estimate of drug-likeness (QED) is 0.655. The molecule has 1 aromatic heterocycles. The second kappa shape index (κ2) is 7.19. The Bertz CT molecular complexity index is 639. The van der Waals surface area contributed by atoms with Gasteiger partial charge < -0.3 is 10.2 Å². The Kier molecular flexibility index (Phi) is 4.83. The number of pyridine rings is 1. The van der Waals surface area contributed by atoms with Crippen LogP contribution in [0.5, 0.6) is 0 Å². The average Bonchev–Trinajstić information content (AvgIpc) is 3.09. The van der Waals surface area contributed by atoms with Crippen molar-refractivity contribution in [1.29, 1.82) is 0 Å². The third-order valence-electron chi connectivity index (χ3n) is 4.12. The molecule has 1 aromatic carbocycles. The van der Waals surface area contributed by atoms with Crippen molar-refractivity contribution in [2.75, 3.05) is 25.0 Å². The van der Waals surface area contributed by atoms with E-state index >= 15 is 0 Å². The van der Waals surface area contributed by atoms with Crippen molar-refractivity contribution in [3.8, 4) is 0 Å². The fraction of sp³-hybridized carbons (Fsp3) is 0.353. The standard InChI is InChI=1S/C17H20N4O2/c22-21(23)15-8-9-17(18-12-15)19-16(13-20-10-4-5-11-20)14-6-2-1-3-7-14/h1-3,6-9,12,16H,4-5,10-11,13H2,(H,18,19)/t16-/m1/s1. The fourth-order valence-corrected chi connectivity index (χ4v) is 2.90. The number of aromatic nitrogens is 1. The summed E-state index contributed by atoms with van der Waals surface area (Å²) in [7, 11) is 0. The number of hydrogen-bond acceptors (Lipinski definition) is 5. The lowest BCUT2D eigenvalue weighted by molar-refractivity contribution is -0.385. The highest BCUT2D eigenvalue weighted by Crippen LogP contribution is 2.22. The second-order valence-electron chi connectivity index (χ2n) is 5.77. The first-order valence-corrected chi connectivity index (χ1v) is 7.86. The summed E-state index contributed by atoms with van der Waals surface area (Å²) in [5, 5.41) is 14.1. The molecule has 0 bridgehead atoms. The van der Waals surface area contributed by atoms with Crippen molar-refractivity contribution >= 4 is 11.5 Å². The third kappa shape index (κ3) is 4.04. The van der Waals surface area contributed by atoms with E-state index in [1.807, 2.05) is 18.2 Å².